The number of nitrogens with zero attached hydrogens (tertiary/aromatic N) is 2. The van der Waals surface area contributed by atoms with Crippen molar-refractivity contribution in [3.63, 3.8) is 0 Å². The summed E-state index contributed by atoms with van der Waals surface area (Å²) >= 11 is 0. The topological polar surface area (TPSA) is 619 Å². The van der Waals surface area contributed by atoms with E-state index in [4.69, 9.17) is 45.9 Å². The SMILES string of the molecule is CC(C)[C@H](NC(=O)[C@H](Cc1ccccc1)NC(=O)CNC(=O)CNC(=O)[C@@H](N)Cc1ccccc1)C(=O)NCC(=O)N[C@@H](C)C(=O)N[C@@H](CCCN=C(N)N)C(=O)N[C@@H](CCCCN)C(=O)N[C@@H](CO)C(=O)N[C@@H](C)C(=O)N[C@@H](CCCN=C(N)N)C(=O)N[C@@H](CCCCN)C(N)=O. The van der Waals surface area contributed by atoms with Crippen LogP contribution in [0.4, 0.5) is 0 Å². The molecule has 2 rings (SSSR count). The Morgan fingerprint density at radius 3 is 1.26 bits per heavy atom. The minimum absolute atomic E-state index is 0.00717. The predicted molar refractivity (Wildman–Crippen MR) is 363 cm³/mol. The predicted octanol–water partition coefficient (Wildman–Crippen LogP) is -7.95. The van der Waals surface area contributed by atoms with Crippen molar-refractivity contribution in [2.75, 3.05) is 52.4 Å². The molecule has 0 aliphatic heterocycles. The van der Waals surface area contributed by atoms with Gasteiger partial charge in [0, 0.05) is 19.5 Å². The van der Waals surface area contributed by atoms with Crippen LogP contribution in [0.1, 0.15) is 103 Å². The largest absolute Gasteiger partial charge is 0.394 e. The Morgan fingerprint density at radius 1 is 0.398 bits per heavy atom. The molecule has 0 aliphatic carbocycles. The third kappa shape index (κ3) is 34.0. The van der Waals surface area contributed by atoms with E-state index in [9.17, 15) is 67.4 Å². The molecule has 0 saturated heterocycles. The first kappa shape index (κ1) is 84.0. The van der Waals surface area contributed by atoms with E-state index in [1.165, 1.54) is 13.8 Å². The second-order valence-corrected chi connectivity index (χ2v) is 23.4. The van der Waals surface area contributed by atoms with Gasteiger partial charge in [0.1, 0.15) is 54.4 Å². The Bertz CT molecular complexity index is 2990. The molecular formula is C62H102N22O14. The van der Waals surface area contributed by atoms with Crippen molar-refractivity contribution in [1.29, 1.82) is 0 Å². The van der Waals surface area contributed by atoms with Crippen molar-refractivity contribution in [2.45, 2.75) is 165 Å². The molecule has 2 aromatic carbocycles. The number of unbranched alkanes of at least 4 members (excludes halogenated alkanes) is 2. The highest BCUT2D eigenvalue weighted by Crippen LogP contribution is 2.11. The number of rotatable bonds is 47. The molecule has 0 fully saturated rings. The summed E-state index contributed by atoms with van der Waals surface area (Å²) in [5.41, 5.74) is 46.1. The molecule has 13 amide bonds. The van der Waals surface area contributed by atoms with Crippen molar-refractivity contribution in [2.24, 2.45) is 61.8 Å². The zero-order valence-electron chi connectivity index (χ0n) is 56.0. The summed E-state index contributed by atoms with van der Waals surface area (Å²) in [5, 5.41) is 40.1. The highest BCUT2D eigenvalue weighted by atomic mass is 16.3. The molecule has 0 spiro atoms. The number of hydrogen-bond donors (Lipinski definition) is 21. The van der Waals surface area contributed by atoms with E-state index in [-0.39, 0.29) is 89.3 Å². The van der Waals surface area contributed by atoms with Crippen LogP contribution in [-0.4, -0.2) is 207 Å². The monoisotopic (exact) mass is 1380 g/mol. The lowest BCUT2D eigenvalue weighted by atomic mass is 10.0. The first-order valence-corrected chi connectivity index (χ1v) is 32.3. The van der Waals surface area contributed by atoms with Crippen LogP contribution in [0.2, 0.25) is 0 Å². The highest BCUT2D eigenvalue weighted by Gasteiger charge is 2.34. The Balaban J connectivity index is 2.18. The summed E-state index contributed by atoms with van der Waals surface area (Å²) in [7, 11) is 0. The number of nitrogens with one attached hydrogen (secondary N) is 12. The third-order valence-corrected chi connectivity index (χ3v) is 14.8. The van der Waals surface area contributed by atoms with Crippen molar-refractivity contribution in [1.82, 2.24) is 63.8 Å². The molecule has 10 atom stereocenters. The number of benzene rings is 2. The van der Waals surface area contributed by atoms with Gasteiger partial charge >= 0.3 is 0 Å². The number of aliphatic hydroxyl groups excluding tert-OH is 1. The van der Waals surface area contributed by atoms with E-state index in [0.29, 0.717) is 31.4 Å². The van der Waals surface area contributed by atoms with Gasteiger partial charge in [0.15, 0.2) is 11.9 Å². The first-order chi connectivity index (χ1) is 46.5. The van der Waals surface area contributed by atoms with E-state index in [0.717, 1.165) is 5.56 Å². The summed E-state index contributed by atoms with van der Waals surface area (Å²) in [6.45, 7) is 3.57. The molecule has 0 bridgehead atoms. The molecule has 0 aliphatic rings. The molecule has 98 heavy (non-hydrogen) atoms. The van der Waals surface area contributed by atoms with E-state index < -0.39 is 169 Å². The summed E-state index contributed by atoms with van der Waals surface area (Å²) in [4.78, 5) is 182. The van der Waals surface area contributed by atoms with Gasteiger partial charge in [0.05, 0.1) is 32.3 Å². The maximum absolute atomic E-state index is 14.1. The van der Waals surface area contributed by atoms with Crippen LogP contribution in [0.15, 0.2) is 70.6 Å². The van der Waals surface area contributed by atoms with Crippen LogP contribution in [0.5, 0.6) is 0 Å². The van der Waals surface area contributed by atoms with Gasteiger partial charge in [0.25, 0.3) is 0 Å². The van der Waals surface area contributed by atoms with Crippen LogP contribution in [-0.2, 0) is 75.2 Å². The fourth-order valence-electron chi connectivity index (χ4n) is 9.30. The molecular weight excluding hydrogens is 1280 g/mol. The van der Waals surface area contributed by atoms with Gasteiger partial charge < -0.3 is 115 Å². The number of hydrogen-bond acceptors (Lipinski definition) is 19. The molecule has 36 nitrogen and oxygen atoms in total. The molecule has 0 saturated carbocycles. The second kappa shape index (κ2) is 46.2. The zero-order valence-corrected chi connectivity index (χ0v) is 56.0. The Hall–Kier alpha value is -10.1. The Kier molecular flexibility index (Phi) is 39.6. The maximum Gasteiger partial charge on any atom is 0.245 e. The average molecular weight is 1380 g/mol. The molecule has 29 N–H and O–H groups in total. The molecule has 36 heteroatoms. The smallest absolute Gasteiger partial charge is 0.245 e. The Morgan fingerprint density at radius 2 is 0.786 bits per heavy atom. The lowest BCUT2D eigenvalue weighted by Crippen LogP contribution is -2.60. The molecule has 0 heterocycles. The molecule has 544 valence electrons. The number of primary amides is 1. The standard InChI is InChI=1S/C62H102N22O14/c1-35(2)50(84-58(96)45(30-39-19-9-6-10-20-39)78-49(88)32-73-47(86)31-74-54(92)40(65)29-38-17-7-5-8-18-38)60(98)75-33-48(87)76-36(3)52(90)80-44(24-16-28-72-62(69)70)56(94)82-42(22-12-14-26-64)57(95)83-46(34-85)59(97)77-37(4)53(91)81-43(23-15-27-71-61(67)68)55(93)79-41(51(66)89)21-11-13-25-63/h5-10,17-20,35-37,40-46,50,85H,11-16,21-34,63-65H2,1-4H3,(H2,66,89)(H,73,86)(H,74,92)(H,75,98)(H,76,87)(H,77,97)(H,78,88)(H,79,93)(H,80,90)(H,81,91)(H,82,94)(H,83,95)(H,84,96)(H4,67,68,71)(H4,69,70,72)/t36-,37-,40-,41-,42-,43-,44-,45-,46-,50-/m0/s1. The fraction of sp³-hybridized carbons (Fsp3) is 0.565. The quantitative estimate of drug-likeness (QED) is 0.0166. The number of aliphatic imine (C=N–C) groups is 2. The van der Waals surface area contributed by atoms with Crippen LogP contribution in [0.25, 0.3) is 0 Å². The number of carbonyl (C=O) groups excluding carboxylic acids is 13. The van der Waals surface area contributed by atoms with Gasteiger partial charge in [-0.3, -0.25) is 72.3 Å². The van der Waals surface area contributed by atoms with Crippen molar-refractivity contribution in [3.05, 3.63) is 71.8 Å². The van der Waals surface area contributed by atoms with Gasteiger partial charge in [0.2, 0.25) is 76.8 Å². The first-order valence-electron chi connectivity index (χ1n) is 32.3. The summed E-state index contributed by atoms with van der Waals surface area (Å²) in [6.07, 6.45) is 2.04. The number of amides is 13. The lowest BCUT2D eigenvalue weighted by Gasteiger charge is -2.26. The van der Waals surface area contributed by atoms with Crippen LogP contribution < -0.4 is 110 Å². The van der Waals surface area contributed by atoms with E-state index in [1.54, 1.807) is 68.4 Å². The minimum Gasteiger partial charge on any atom is -0.394 e. The molecule has 0 radical (unpaired) electrons. The second-order valence-electron chi connectivity index (χ2n) is 23.4. The summed E-state index contributed by atoms with van der Waals surface area (Å²) in [5.74, 6) is -12.0. The Labute approximate surface area is 569 Å². The van der Waals surface area contributed by atoms with Crippen LogP contribution in [0, 0.1) is 5.92 Å². The number of nitrogens with two attached hydrogens (primary N) is 8. The number of aliphatic hydroxyl groups is 1. The van der Waals surface area contributed by atoms with Gasteiger partial charge in [-0.2, -0.15) is 0 Å². The van der Waals surface area contributed by atoms with Gasteiger partial charge in [-0.25, -0.2) is 0 Å². The van der Waals surface area contributed by atoms with E-state index in [2.05, 4.69) is 73.8 Å². The van der Waals surface area contributed by atoms with Crippen LogP contribution >= 0.6 is 0 Å². The van der Waals surface area contributed by atoms with Gasteiger partial charge in [-0.05, 0) is 115 Å². The zero-order chi connectivity index (χ0) is 73.3. The van der Waals surface area contributed by atoms with Crippen molar-refractivity contribution in [3.8, 4) is 0 Å². The van der Waals surface area contributed by atoms with Crippen molar-refractivity contribution >= 4 is 88.7 Å². The number of carbonyl (C=O) groups is 13. The highest BCUT2D eigenvalue weighted by molar-refractivity contribution is 5.99. The van der Waals surface area contributed by atoms with Gasteiger partial charge in [-0.15, -0.1) is 0 Å². The van der Waals surface area contributed by atoms with E-state index >= 15 is 0 Å². The lowest BCUT2D eigenvalue weighted by molar-refractivity contribution is -0.136. The normalized spacial score (nSPS) is 13.9. The minimum atomic E-state index is -1.72. The summed E-state index contributed by atoms with van der Waals surface area (Å²) in [6, 6.07) is 4.40. The van der Waals surface area contributed by atoms with Crippen molar-refractivity contribution < 1.29 is 67.4 Å². The van der Waals surface area contributed by atoms with Crippen LogP contribution in [0.3, 0.4) is 0 Å². The van der Waals surface area contributed by atoms with E-state index in [1.807, 2.05) is 6.07 Å². The molecule has 0 aromatic heterocycles. The third-order valence-electron chi connectivity index (χ3n) is 14.8. The number of guanidine groups is 2. The molecule has 0 unspecified atom stereocenters. The summed E-state index contributed by atoms with van der Waals surface area (Å²) < 4.78 is 0. The average Bonchev–Trinajstić information content (AvgIpc) is 0.929. The molecule has 2 aromatic rings. The maximum atomic E-state index is 14.1. The fourth-order valence-corrected chi connectivity index (χ4v) is 9.30. The van der Waals surface area contributed by atoms with Gasteiger partial charge in [-0.1, -0.05) is 74.5 Å².